The average Bonchev–Trinajstić information content (AvgIpc) is 2.76. The Balaban J connectivity index is 2.28. The smallest absolute Gasteiger partial charge is 0.265 e. The van der Waals surface area contributed by atoms with Gasteiger partial charge in [0.1, 0.15) is 5.82 Å². The van der Waals surface area contributed by atoms with Crippen LogP contribution in [0.2, 0.25) is 0 Å². The summed E-state index contributed by atoms with van der Waals surface area (Å²) in [6.07, 6.45) is 0. The van der Waals surface area contributed by atoms with Crippen molar-refractivity contribution in [3.05, 3.63) is 39.6 Å². The number of carbonyl (C=O) groups is 1. The average molecular weight is 247 g/mol. The predicted octanol–water partition coefficient (Wildman–Crippen LogP) is 2.72. The molecule has 4 nitrogen and oxygen atoms in total. The number of aromatic nitrogens is 2. The van der Waals surface area contributed by atoms with Crippen LogP contribution in [0.5, 0.6) is 0 Å². The maximum Gasteiger partial charge on any atom is 0.265 e. The molecule has 0 aliphatic rings. The molecule has 1 amide bonds. The Kier molecular flexibility index (Phi) is 3.19. The van der Waals surface area contributed by atoms with Crippen LogP contribution in [0.25, 0.3) is 0 Å². The van der Waals surface area contributed by atoms with Crippen LogP contribution < -0.4 is 5.32 Å². The summed E-state index contributed by atoms with van der Waals surface area (Å²) in [5.74, 6) is 0.604. The fourth-order valence-electron chi connectivity index (χ4n) is 1.65. The van der Waals surface area contributed by atoms with Crippen molar-refractivity contribution in [2.24, 2.45) is 0 Å². The zero-order valence-electron chi connectivity index (χ0n) is 9.94. The number of hydrogen-bond acceptors (Lipinski definition) is 4. The van der Waals surface area contributed by atoms with E-state index in [2.05, 4.69) is 15.3 Å². The maximum absolute atomic E-state index is 11.9. The van der Waals surface area contributed by atoms with Gasteiger partial charge in [-0.25, -0.2) is 9.97 Å². The van der Waals surface area contributed by atoms with Crippen LogP contribution in [0.1, 0.15) is 26.9 Å². The van der Waals surface area contributed by atoms with Crippen LogP contribution in [0.4, 0.5) is 5.69 Å². The molecule has 2 heterocycles. The van der Waals surface area contributed by atoms with Crippen LogP contribution in [-0.2, 0) is 0 Å². The molecule has 0 aromatic carbocycles. The lowest BCUT2D eigenvalue weighted by molar-refractivity contribution is 0.103. The van der Waals surface area contributed by atoms with E-state index in [1.54, 1.807) is 6.07 Å². The first-order valence-electron chi connectivity index (χ1n) is 5.24. The second kappa shape index (κ2) is 4.63. The number of nitrogens with zero attached hydrogens (tertiary/aromatic N) is 2. The molecule has 0 aliphatic carbocycles. The second-order valence-electron chi connectivity index (χ2n) is 3.75. The first kappa shape index (κ1) is 11.7. The van der Waals surface area contributed by atoms with Gasteiger partial charge >= 0.3 is 0 Å². The van der Waals surface area contributed by atoms with Gasteiger partial charge in [0.15, 0.2) is 0 Å². The maximum atomic E-state index is 11.9. The first-order valence-corrected chi connectivity index (χ1v) is 6.12. The highest BCUT2D eigenvalue weighted by molar-refractivity contribution is 7.12. The van der Waals surface area contributed by atoms with E-state index in [4.69, 9.17) is 0 Å². The molecule has 0 unspecified atom stereocenters. The summed E-state index contributed by atoms with van der Waals surface area (Å²) in [7, 11) is 0. The van der Waals surface area contributed by atoms with Gasteiger partial charge in [-0.1, -0.05) is 6.07 Å². The molecule has 0 bridgehead atoms. The summed E-state index contributed by atoms with van der Waals surface area (Å²) < 4.78 is 0. The van der Waals surface area contributed by atoms with Gasteiger partial charge in [0, 0.05) is 0 Å². The van der Waals surface area contributed by atoms with Gasteiger partial charge in [0.25, 0.3) is 5.91 Å². The number of rotatable bonds is 2. The van der Waals surface area contributed by atoms with E-state index >= 15 is 0 Å². The van der Waals surface area contributed by atoms with Gasteiger partial charge in [-0.05, 0) is 32.2 Å². The van der Waals surface area contributed by atoms with Crippen molar-refractivity contribution in [3.63, 3.8) is 0 Å². The van der Waals surface area contributed by atoms with E-state index in [-0.39, 0.29) is 5.91 Å². The van der Waals surface area contributed by atoms with Gasteiger partial charge in [0.2, 0.25) is 0 Å². The van der Waals surface area contributed by atoms with E-state index in [9.17, 15) is 4.79 Å². The molecule has 88 valence electrons. The highest BCUT2D eigenvalue weighted by Crippen LogP contribution is 2.18. The van der Waals surface area contributed by atoms with Gasteiger partial charge in [-0.15, -0.1) is 11.3 Å². The van der Waals surface area contributed by atoms with E-state index < -0.39 is 0 Å². The molecule has 0 aliphatic heterocycles. The molecule has 2 aromatic heterocycles. The fourth-order valence-corrected chi connectivity index (χ4v) is 2.27. The number of hydrogen-bond donors (Lipinski definition) is 1. The lowest BCUT2D eigenvalue weighted by Gasteiger charge is -2.10. The third-order valence-corrected chi connectivity index (χ3v) is 3.23. The number of amides is 1. The zero-order chi connectivity index (χ0) is 12.4. The largest absolute Gasteiger partial charge is 0.318 e. The molecule has 2 rings (SSSR count). The van der Waals surface area contributed by atoms with Crippen molar-refractivity contribution in [2.75, 3.05) is 5.32 Å². The summed E-state index contributed by atoms with van der Waals surface area (Å²) in [4.78, 5) is 21.1. The van der Waals surface area contributed by atoms with Gasteiger partial charge < -0.3 is 5.32 Å². The van der Waals surface area contributed by atoms with Gasteiger partial charge in [-0.3, -0.25) is 4.79 Å². The van der Waals surface area contributed by atoms with Crippen molar-refractivity contribution >= 4 is 22.9 Å². The molecule has 0 saturated carbocycles. The van der Waals surface area contributed by atoms with Crippen molar-refractivity contribution < 1.29 is 4.79 Å². The van der Waals surface area contributed by atoms with Crippen molar-refractivity contribution in [2.45, 2.75) is 20.8 Å². The van der Waals surface area contributed by atoms with E-state index in [0.717, 1.165) is 11.4 Å². The number of nitrogens with one attached hydrogen (secondary N) is 1. The number of anilines is 1. The summed E-state index contributed by atoms with van der Waals surface area (Å²) in [5, 5.41) is 4.73. The molecule has 0 radical (unpaired) electrons. The highest BCUT2D eigenvalue weighted by Gasteiger charge is 2.12. The molecule has 0 fully saturated rings. The second-order valence-corrected chi connectivity index (χ2v) is 4.70. The van der Waals surface area contributed by atoms with Crippen molar-refractivity contribution in [1.82, 2.24) is 9.97 Å². The SMILES string of the molecule is Cc1nc(C)c(NC(=O)c2cccs2)c(C)n1. The first-order chi connectivity index (χ1) is 8.08. The third-order valence-electron chi connectivity index (χ3n) is 2.37. The lowest BCUT2D eigenvalue weighted by Crippen LogP contribution is -2.14. The van der Waals surface area contributed by atoms with Gasteiger partial charge in [0.05, 0.1) is 22.0 Å². The van der Waals surface area contributed by atoms with E-state index in [1.165, 1.54) is 11.3 Å². The van der Waals surface area contributed by atoms with E-state index in [1.807, 2.05) is 32.2 Å². The van der Waals surface area contributed by atoms with Crippen molar-refractivity contribution in [1.29, 1.82) is 0 Å². The summed E-state index contributed by atoms with van der Waals surface area (Å²) >= 11 is 1.41. The molecular weight excluding hydrogens is 234 g/mol. The molecule has 0 saturated heterocycles. The molecular formula is C12H13N3OS. The molecule has 0 atom stereocenters. The minimum absolute atomic E-state index is 0.112. The third kappa shape index (κ3) is 2.50. The number of aryl methyl sites for hydroxylation is 3. The Morgan fingerprint density at radius 3 is 2.41 bits per heavy atom. The lowest BCUT2D eigenvalue weighted by atomic mass is 10.2. The summed E-state index contributed by atoms with van der Waals surface area (Å²) in [5.41, 5.74) is 2.29. The Hall–Kier alpha value is -1.75. The fraction of sp³-hybridized carbons (Fsp3) is 0.250. The zero-order valence-corrected chi connectivity index (χ0v) is 10.8. The quantitative estimate of drug-likeness (QED) is 0.887. The van der Waals surface area contributed by atoms with Crippen LogP contribution >= 0.6 is 11.3 Å². The predicted molar refractivity (Wildman–Crippen MR) is 68.5 cm³/mol. The molecule has 1 N–H and O–H groups in total. The van der Waals surface area contributed by atoms with Crippen LogP contribution in [0.15, 0.2) is 17.5 Å². The monoisotopic (exact) mass is 247 g/mol. The molecule has 0 spiro atoms. The Morgan fingerprint density at radius 1 is 1.24 bits per heavy atom. The number of carbonyl (C=O) groups excluding carboxylic acids is 1. The Labute approximate surface area is 104 Å². The Bertz CT molecular complexity index is 526. The Morgan fingerprint density at radius 2 is 1.88 bits per heavy atom. The van der Waals surface area contributed by atoms with Gasteiger partial charge in [-0.2, -0.15) is 0 Å². The summed E-state index contributed by atoms with van der Waals surface area (Å²) in [6, 6.07) is 3.64. The summed E-state index contributed by atoms with van der Waals surface area (Å²) in [6.45, 7) is 5.57. The number of thiophene rings is 1. The minimum Gasteiger partial charge on any atom is -0.318 e. The standard InChI is InChI=1S/C12H13N3OS/c1-7-11(8(2)14-9(3)13-7)15-12(16)10-5-4-6-17-10/h4-6H,1-3H3,(H,15,16). The van der Waals surface area contributed by atoms with Crippen LogP contribution in [-0.4, -0.2) is 15.9 Å². The minimum atomic E-state index is -0.112. The van der Waals surface area contributed by atoms with E-state index in [0.29, 0.717) is 16.4 Å². The highest BCUT2D eigenvalue weighted by atomic mass is 32.1. The normalized spacial score (nSPS) is 10.3. The molecule has 5 heteroatoms. The topological polar surface area (TPSA) is 54.9 Å². The van der Waals surface area contributed by atoms with Crippen LogP contribution in [0.3, 0.4) is 0 Å². The molecule has 17 heavy (non-hydrogen) atoms. The van der Waals surface area contributed by atoms with Crippen LogP contribution in [0, 0.1) is 20.8 Å². The molecule has 2 aromatic rings. The van der Waals surface area contributed by atoms with Crippen molar-refractivity contribution in [3.8, 4) is 0 Å².